The van der Waals surface area contributed by atoms with Crippen LogP contribution in [0.3, 0.4) is 0 Å². The number of nitrogens with one attached hydrogen (secondary N) is 2. The van der Waals surface area contributed by atoms with Gasteiger partial charge in [0.2, 0.25) is 5.91 Å². The molecular formula is C31H33Cl2N3O6S. The van der Waals surface area contributed by atoms with E-state index < -0.39 is 41.6 Å². The summed E-state index contributed by atoms with van der Waals surface area (Å²) in [6, 6.07) is 9.39. The first kappa shape index (κ1) is 30.1. The van der Waals surface area contributed by atoms with Crippen molar-refractivity contribution in [2.75, 3.05) is 16.9 Å². The lowest BCUT2D eigenvalue weighted by molar-refractivity contribution is -0.143. The highest BCUT2D eigenvalue weighted by molar-refractivity contribution is 7.99. The predicted octanol–water partition coefficient (Wildman–Crippen LogP) is 5.84. The van der Waals surface area contributed by atoms with E-state index >= 15 is 0 Å². The smallest absolute Gasteiger partial charge is 0.411 e. The first-order valence-corrected chi connectivity index (χ1v) is 16.4. The number of rotatable bonds is 8. The molecule has 5 aliphatic rings. The van der Waals surface area contributed by atoms with Crippen LogP contribution in [0.1, 0.15) is 54.4 Å². The van der Waals surface area contributed by atoms with Crippen LogP contribution in [0, 0.1) is 17.8 Å². The van der Waals surface area contributed by atoms with Crippen LogP contribution >= 0.6 is 35.0 Å². The Balaban J connectivity index is 1.06. The molecule has 12 heteroatoms. The number of aliphatic carboxylic acids is 1. The van der Waals surface area contributed by atoms with E-state index in [0.717, 1.165) is 19.3 Å². The van der Waals surface area contributed by atoms with E-state index in [1.807, 2.05) is 0 Å². The number of thioether (sulfide) groups is 1. The largest absolute Gasteiger partial charge is 0.480 e. The molecule has 5 fully saturated rings. The number of carboxylic acid groups (broad SMARTS) is 1. The van der Waals surface area contributed by atoms with Crippen LogP contribution < -0.4 is 10.6 Å². The molecule has 3 amide bonds. The molecule has 2 aromatic carbocycles. The first-order valence-electron chi connectivity index (χ1n) is 14.5. The van der Waals surface area contributed by atoms with E-state index in [1.54, 1.807) is 42.5 Å². The zero-order valence-corrected chi connectivity index (χ0v) is 25.7. The zero-order chi connectivity index (χ0) is 30.3. The average Bonchev–Trinajstić information content (AvgIpc) is 3.43. The summed E-state index contributed by atoms with van der Waals surface area (Å²) in [5.41, 5.74) is 0.844. The van der Waals surface area contributed by atoms with Crippen molar-refractivity contribution in [2.45, 2.75) is 62.6 Å². The van der Waals surface area contributed by atoms with Gasteiger partial charge in [-0.3, -0.25) is 14.5 Å². The third kappa shape index (κ3) is 6.47. The Bertz CT molecular complexity index is 1380. The Morgan fingerprint density at radius 1 is 0.977 bits per heavy atom. The van der Waals surface area contributed by atoms with Crippen molar-refractivity contribution in [3.63, 3.8) is 0 Å². The Morgan fingerprint density at radius 2 is 1.58 bits per heavy atom. The third-order valence-electron chi connectivity index (χ3n) is 9.16. The van der Waals surface area contributed by atoms with Crippen LogP contribution in [0.4, 0.5) is 10.5 Å². The predicted molar refractivity (Wildman–Crippen MR) is 164 cm³/mol. The maximum Gasteiger partial charge on any atom is 0.411 e. The maximum absolute atomic E-state index is 13.3. The van der Waals surface area contributed by atoms with Gasteiger partial charge in [0.15, 0.2) is 0 Å². The second kappa shape index (κ2) is 12.2. The molecule has 3 N–H and O–H groups in total. The van der Waals surface area contributed by atoms with Crippen LogP contribution in [-0.4, -0.2) is 63.2 Å². The van der Waals surface area contributed by atoms with Crippen molar-refractivity contribution in [3.8, 4) is 0 Å². The Kier molecular flexibility index (Phi) is 8.54. The summed E-state index contributed by atoms with van der Waals surface area (Å²) in [5, 5.41) is 15.7. The van der Waals surface area contributed by atoms with E-state index in [0.29, 0.717) is 40.6 Å². The summed E-state index contributed by atoms with van der Waals surface area (Å²) in [5.74, 6) is 0.384. The monoisotopic (exact) mass is 645 g/mol. The fraction of sp³-hybridized carbons (Fsp3) is 0.484. The lowest BCUT2D eigenvalue weighted by Gasteiger charge is -2.55. The number of hydrogen-bond donors (Lipinski definition) is 3. The number of carbonyl (C=O) groups is 4. The number of nitrogens with zero attached hydrogens (tertiary/aromatic N) is 1. The van der Waals surface area contributed by atoms with Crippen molar-refractivity contribution in [1.82, 2.24) is 10.2 Å². The van der Waals surface area contributed by atoms with Gasteiger partial charge in [-0.05, 0) is 86.1 Å². The van der Waals surface area contributed by atoms with Crippen molar-refractivity contribution >= 4 is 64.5 Å². The minimum Gasteiger partial charge on any atom is -0.480 e. The van der Waals surface area contributed by atoms with Gasteiger partial charge in [-0.15, -0.1) is 11.8 Å². The number of amides is 3. The summed E-state index contributed by atoms with van der Waals surface area (Å²) < 4.78 is 6.18. The Hall–Kier alpha value is -2.95. The summed E-state index contributed by atoms with van der Waals surface area (Å²) in [7, 11) is 0. The van der Waals surface area contributed by atoms with E-state index in [4.69, 9.17) is 27.9 Å². The zero-order valence-electron chi connectivity index (χ0n) is 23.4. The summed E-state index contributed by atoms with van der Waals surface area (Å²) in [6.45, 7) is 0. The number of carbonyl (C=O) groups excluding carboxylic acids is 3. The van der Waals surface area contributed by atoms with Gasteiger partial charge in [0, 0.05) is 17.9 Å². The van der Waals surface area contributed by atoms with Gasteiger partial charge in [-0.25, -0.2) is 9.59 Å². The van der Waals surface area contributed by atoms with Crippen molar-refractivity contribution in [3.05, 3.63) is 63.6 Å². The third-order valence-corrected chi connectivity index (χ3v) is 10.8. The maximum atomic E-state index is 13.3. The van der Waals surface area contributed by atoms with Gasteiger partial charge in [0.05, 0.1) is 21.5 Å². The molecule has 1 aliphatic heterocycles. The van der Waals surface area contributed by atoms with Gasteiger partial charge in [-0.2, -0.15) is 0 Å². The van der Waals surface area contributed by atoms with Crippen molar-refractivity contribution < 1.29 is 29.0 Å². The molecular weight excluding hydrogens is 613 g/mol. The standard InChI is InChI=1S/C31H33Cl2N3O6S/c32-22-2-1-3-23(33)26(22)28(38)34-21-6-4-17(5-7-21)11-24(29(39)40)35-27(37)25-15-43-16-36(25)30(41)42-31-12-18-8-19(13-31)10-20(9-18)14-31/h1-7,18-20,24-25H,8-16H2,(H,34,38)(H,35,37)(H,39,40)/t18?,19?,20?,24-,25?,31?/m0/s1. The fourth-order valence-electron chi connectivity index (χ4n) is 7.58. The van der Waals surface area contributed by atoms with Crippen molar-refractivity contribution in [2.24, 2.45) is 17.8 Å². The molecule has 1 saturated heterocycles. The molecule has 0 aromatic heterocycles. The number of halogens is 2. The van der Waals surface area contributed by atoms with Crippen LogP contribution in [0.5, 0.6) is 0 Å². The number of anilines is 1. The van der Waals surface area contributed by atoms with Crippen LogP contribution in [0.2, 0.25) is 10.0 Å². The quantitative estimate of drug-likeness (QED) is 0.329. The SMILES string of the molecule is O=C(Nc1ccc(C[C@H](NC(=O)C2CSCN2C(=O)OC23CC4CC(CC(C4)C2)C3)C(=O)O)cc1)c1c(Cl)cccc1Cl. The minimum atomic E-state index is -1.21. The van der Waals surface area contributed by atoms with Crippen LogP contribution in [0.15, 0.2) is 42.5 Å². The Labute approximate surface area is 264 Å². The molecule has 7 rings (SSSR count). The van der Waals surface area contributed by atoms with Gasteiger partial charge in [0.1, 0.15) is 17.7 Å². The molecule has 4 bridgehead atoms. The molecule has 0 spiro atoms. The molecule has 1 unspecified atom stereocenters. The highest BCUT2D eigenvalue weighted by Crippen LogP contribution is 2.57. The van der Waals surface area contributed by atoms with Gasteiger partial charge >= 0.3 is 12.1 Å². The van der Waals surface area contributed by atoms with E-state index in [1.165, 1.54) is 35.9 Å². The second-order valence-corrected chi connectivity index (χ2v) is 14.1. The second-order valence-electron chi connectivity index (χ2n) is 12.3. The average molecular weight is 647 g/mol. The van der Waals surface area contributed by atoms with E-state index in [2.05, 4.69) is 10.6 Å². The molecule has 0 radical (unpaired) electrons. The lowest BCUT2D eigenvalue weighted by atomic mass is 9.54. The minimum absolute atomic E-state index is 0.0171. The summed E-state index contributed by atoms with van der Waals surface area (Å²) in [4.78, 5) is 52.9. The van der Waals surface area contributed by atoms with Gasteiger partial charge in [-0.1, -0.05) is 41.4 Å². The van der Waals surface area contributed by atoms with Crippen molar-refractivity contribution in [1.29, 1.82) is 0 Å². The van der Waals surface area contributed by atoms with E-state index in [9.17, 15) is 24.3 Å². The van der Waals surface area contributed by atoms with Gasteiger partial charge in [0.25, 0.3) is 5.91 Å². The Morgan fingerprint density at radius 3 is 2.16 bits per heavy atom. The molecule has 4 aliphatic carbocycles. The molecule has 43 heavy (non-hydrogen) atoms. The number of ether oxygens (including phenoxy) is 1. The first-order chi connectivity index (χ1) is 20.6. The number of benzene rings is 2. The molecule has 9 nitrogen and oxygen atoms in total. The molecule has 2 aromatic rings. The molecule has 1 heterocycles. The van der Waals surface area contributed by atoms with Gasteiger partial charge < -0.3 is 20.5 Å². The number of hydrogen-bond acceptors (Lipinski definition) is 6. The normalized spacial score (nSPS) is 27.9. The number of carboxylic acids is 1. The van der Waals surface area contributed by atoms with E-state index in [-0.39, 0.29) is 22.0 Å². The van der Waals surface area contributed by atoms with Crippen LogP contribution in [-0.2, 0) is 20.7 Å². The molecule has 2 atom stereocenters. The molecule has 4 saturated carbocycles. The summed E-state index contributed by atoms with van der Waals surface area (Å²) >= 11 is 13.7. The molecule has 228 valence electrons. The summed E-state index contributed by atoms with van der Waals surface area (Å²) in [6.07, 6.45) is 5.93. The highest BCUT2D eigenvalue weighted by atomic mass is 35.5. The topological polar surface area (TPSA) is 125 Å². The fourth-order valence-corrected chi connectivity index (χ4v) is 9.29. The van der Waals surface area contributed by atoms with Crippen LogP contribution in [0.25, 0.3) is 0 Å². The highest BCUT2D eigenvalue weighted by Gasteiger charge is 2.54. The lowest BCUT2D eigenvalue weighted by Crippen LogP contribution is -2.56.